The van der Waals surface area contributed by atoms with Crippen LogP contribution in [0.15, 0.2) is 47.1 Å². The molecule has 2 heterocycles. The molecule has 1 atom stereocenters. The molecule has 116 valence electrons. The maximum atomic E-state index is 12.6. The number of benzene rings is 1. The number of aryl methyl sites for hydroxylation is 2. The quantitative estimate of drug-likeness (QED) is 0.719. The lowest BCUT2D eigenvalue weighted by Gasteiger charge is -2.21. The lowest BCUT2D eigenvalue weighted by molar-refractivity contribution is 0.0959. The highest BCUT2D eigenvalue weighted by Gasteiger charge is 2.33. The van der Waals surface area contributed by atoms with Crippen molar-refractivity contribution in [3.05, 3.63) is 70.9 Å². The van der Waals surface area contributed by atoms with Crippen LogP contribution in [-0.2, 0) is 6.42 Å². The molecule has 0 bridgehead atoms. The first-order valence-electron chi connectivity index (χ1n) is 7.85. The minimum absolute atomic E-state index is 0.0882. The zero-order valence-electron chi connectivity index (χ0n) is 13.2. The van der Waals surface area contributed by atoms with E-state index in [0.717, 1.165) is 34.8 Å². The fourth-order valence-electron chi connectivity index (χ4n) is 3.38. The number of hydrogen-bond acceptors (Lipinski definition) is 3. The molecule has 3 aromatic rings. The first-order valence-corrected chi connectivity index (χ1v) is 7.85. The molecule has 0 radical (unpaired) electrons. The fraction of sp³-hybridized carbons (Fsp3) is 0.263. The van der Waals surface area contributed by atoms with E-state index in [0.29, 0.717) is 6.42 Å². The first-order chi connectivity index (χ1) is 11.1. The van der Waals surface area contributed by atoms with Gasteiger partial charge in [-0.1, -0.05) is 17.7 Å². The number of hydrogen-bond donors (Lipinski definition) is 0. The van der Waals surface area contributed by atoms with Gasteiger partial charge in [0.2, 0.25) is 0 Å². The van der Waals surface area contributed by atoms with Gasteiger partial charge in [0.15, 0.2) is 5.78 Å². The zero-order chi connectivity index (χ0) is 16.0. The fourth-order valence-corrected chi connectivity index (χ4v) is 3.38. The average Bonchev–Trinajstić information content (AvgIpc) is 3.16. The predicted molar refractivity (Wildman–Crippen MR) is 87.1 cm³/mol. The smallest absolute Gasteiger partial charge is 0.167 e. The van der Waals surface area contributed by atoms with Gasteiger partial charge in [0, 0.05) is 18.8 Å². The molecule has 23 heavy (non-hydrogen) atoms. The van der Waals surface area contributed by atoms with Crippen molar-refractivity contribution in [1.29, 1.82) is 0 Å². The zero-order valence-corrected chi connectivity index (χ0v) is 13.2. The Kier molecular flexibility index (Phi) is 3.18. The van der Waals surface area contributed by atoms with Gasteiger partial charge in [-0.05, 0) is 38.1 Å². The van der Waals surface area contributed by atoms with E-state index >= 15 is 0 Å². The number of furan rings is 1. The Morgan fingerprint density at radius 1 is 1.13 bits per heavy atom. The summed E-state index contributed by atoms with van der Waals surface area (Å²) in [6, 6.07) is 12.0. The second kappa shape index (κ2) is 5.23. The van der Waals surface area contributed by atoms with Gasteiger partial charge in [-0.15, -0.1) is 0 Å². The van der Waals surface area contributed by atoms with E-state index in [9.17, 15) is 4.79 Å². The monoisotopic (exact) mass is 306 g/mol. The van der Waals surface area contributed by atoms with Gasteiger partial charge in [0.25, 0.3) is 0 Å². The molecule has 0 unspecified atom stereocenters. The van der Waals surface area contributed by atoms with Crippen LogP contribution in [0.5, 0.6) is 0 Å². The van der Waals surface area contributed by atoms with E-state index in [4.69, 9.17) is 4.42 Å². The van der Waals surface area contributed by atoms with E-state index in [1.54, 1.807) is 6.26 Å². The highest BCUT2D eigenvalue weighted by molar-refractivity contribution is 6.00. The van der Waals surface area contributed by atoms with Crippen molar-refractivity contribution >= 4 is 5.78 Å². The number of fused-ring (bicyclic) bond motifs is 1. The third kappa shape index (κ3) is 2.31. The summed E-state index contributed by atoms with van der Waals surface area (Å²) in [5.74, 6) is 1.12. The molecule has 0 amide bonds. The minimum Gasteiger partial charge on any atom is -0.469 e. The second-order valence-electron chi connectivity index (χ2n) is 6.20. The number of nitrogens with zero attached hydrogens (tertiary/aromatic N) is 2. The third-order valence-electron chi connectivity index (χ3n) is 4.53. The third-order valence-corrected chi connectivity index (χ3v) is 4.53. The normalized spacial score (nSPS) is 17.3. The Bertz CT molecular complexity index is 858. The summed E-state index contributed by atoms with van der Waals surface area (Å²) in [6.07, 6.45) is 2.92. The molecule has 1 aliphatic carbocycles. The maximum absolute atomic E-state index is 12.6. The molecule has 1 aliphatic rings. The molecular formula is C19H18N2O2. The van der Waals surface area contributed by atoms with Gasteiger partial charge in [-0.2, -0.15) is 5.10 Å². The predicted octanol–water partition coefficient (Wildman–Crippen LogP) is 3.99. The molecule has 0 saturated carbocycles. The Morgan fingerprint density at radius 2 is 1.91 bits per heavy atom. The summed E-state index contributed by atoms with van der Waals surface area (Å²) in [6.45, 7) is 3.97. The second-order valence-corrected chi connectivity index (χ2v) is 6.20. The first kappa shape index (κ1) is 14.0. The van der Waals surface area contributed by atoms with Crippen LogP contribution in [0.4, 0.5) is 0 Å². The van der Waals surface area contributed by atoms with Gasteiger partial charge in [0.1, 0.15) is 5.76 Å². The summed E-state index contributed by atoms with van der Waals surface area (Å²) >= 11 is 0. The van der Waals surface area contributed by atoms with E-state index in [-0.39, 0.29) is 11.7 Å². The summed E-state index contributed by atoms with van der Waals surface area (Å²) in [4.78, 5) is 12.6. The van der Waals surface area contributed by atoms with E-state index in [1.807, 2.05) is 35.9 Å². The molecule has 0 fully saturated rings. The van der Waals surface area contributed by atoms with Crippen LogP contribution in [0, 0.1) is 13.8 Å². The molecule has 0 N–H and O–H groups in total. The summed E-state index contributed by atoms with van der Waals surface area (Å²) in [5.41, 5.74) is 4.78. The molecular weight excluding hydrogens is 288 g/mol. The Hall–Kier alpha value is -2.62. The van der Waals surface area contributed by atoms with Crippen LogP contribution in [0.3, 0.4) is 0 Å². The van der Waals surface area contributed by atoms with E-state index in [2.05, 4.69) is 24.2 Å². The van der Waals surface area contributed by atoms with Crippen molar-refractivity contribution in [2.75, 3.05) is 0 Å². The van der Waals surface area contributed by atoms with Gasteiger partial charge < -0.3 is 4.42 Å². The number of Topliss-reactive ketones (excluding diaryl/α,β-unsaturated/α-hetero) is 1. The molecule has 0 saturated heterocycles. The molecule has 4 rings (SSSR count). The number of carbonyl (C=O) groups is 1. The largest absolute Gasteiger partial charge is 0.469 e. The summed E-state index contributed by atoms with van der Waals surface area (Å²) in [7, 11) is 0. The Labute approximate surface area is 134 Å². The molecule has 0 spiro atoms. The SMILES string of the molecule is Cc1ccc(-n2nc(C)c3c2C[C@@H](c2ccco2)CC3=O)cc1. The highest BCUT2D eigenvalue weighted by Crippen LogP contribution is 2.35. The van der Waals surface area contributed by atoms with Crippen LogP contribution < -0.4 is 0 Å². The van der Waals surface area contributed by atoms with Gasteiger partial charge in [-0.3, -0.25) is 4.79 Å². The van der Waals surface area contributed by atoms with Crippen molar-refractivity contribution in [2.45, 2.75) is 32.6 Å². The lowest BCUT2D eigenvalue weighted by atomic mass is 9.84. The van der Waals surface area contributed by atoms with Crippen molar-refractivity contribution < 1.29 is 9.21 Å². The molecule has 2 aromatic heterocycles. The van der Waals surface area contributed by atoms with Crippen LogP contribution in [-0.4, -0.2) is 15.6 Å². The lowest BCUT2D eigenvalue weighted by Crippen LogP contribution is -2.20. The van der Waals surface area contributed by atoms with Crippen LogP contribution >= 0.6 is 0 Å². The molecule has 0 aliphatic heterocycles. The molecule has 1 aromatic carbocycles. The van der Waals surface area contributed by atoms with E-state index < -0.39 is 0 Å². The average molecular weight is 306 g/mol. The Balaban J connectivity index is 1.81. The minimum atomic E-state index is 0.0882. The van der Waals surface area contributed by atoms with Gasteiger partial charge in [-0.25, -0.2) is 4.68 Å². The van der Waals surface area contributed by atoms with Crippen molar-refractivity contribution in [3.8, 4) is 5.69 Å². The molecule has 4 nitrogen and oxygen atoms in total. The topological polar surface area (TPSA) is 48.0 Å². The number of aromatic nitrogens is 2. The summed E-state index contributed by atoms with van der Waals surface area (Å²) < 4.78 is 7.44. The Morgan fingerprint density at radius 3 is 2.61 bits per heavy atom. The summed E-state index contributed by atoms with van der Waals surface area (Å²) in [5, 5.41) is 4.62. The van der Waals surface area contributed by atoms with Gasteiger partial charge >= 0.3 is 0 Å². The van der Waals surface area contributed by atoms with E-state index in [1.165, 1.54) is 5.56 Å². The van der Waals surface area contributed by atoms with Crippen LogP contribution in [0.1, 0.15) is 45.4 Å². The number of carbonyl (C=O) groups excluding carboxylic acids is 1. The van der Waals surface area contributed by atoms with Crippen molar-refractivity contribution in [3.63, 3.8) is 0 Å². The number of ketones is 1. The number of rotatable bonds is 2. The van der Waals surface area contributed by atoms with Crippen LogP contribution in [0.25, 0.3) is 5.69 Å². The van der Waals surface area contributed by atoms with Crippen molar-refractivity contribution in [2.24, 2.45) is 0 Å². The molecule has 4 heteroatoms. The van der Waals surface area contributed by atoms with Crippen molar-refractivity contribution in [1.82, 2.24) is 9.78 Å². The van der Waals surface area contributed by atoms with Gasteiger partial charge in [0.05, 0.1) is 28.9 Å². The highest BCUT2D eigenvalue weighted by atomic mass is 16.3. The standard InChI is InChI=1S/C19H18N2O2/c1-12-5-7-15(8-6-12)21-16-10-14(18-4-3-9-23-18)11-17(22)19(16)13(2)20-21/h3-9,14H,10-11H2,1-2H3/t14-/m1/s1. The van der Waals surface area contributed by atoms with Crippen LogP contribution in [0.2, 0.25) is 0 Å². The maximum Gasteiger partial charge on any atom is 0.167 e.